The van der Waals surface area contributed by atoms with E-state index in [2.05, 4.69) is 18.7 Å². The number of hydrogen-bond donors (Lipinski definition) is 0. The Hall–Kier alpha value is -3.25. The largest absolute Gasteiger partial charge is 0.474 e. The number of rotatable bonds is 7. The first-order valence-corrected chi connectivity index (χ1v) is 10.8. The minimum absolute atomic E-state index is 0.225. The van der Waals surface area contributed by atoms with Crippen LogP contribution in [0.25, 0.3) is 32.8 Å². The number of hydrogen-bond acceptors (Lipinski definition) is 6. The maximum Gasteiger partial charge on any atom is 0.344 e. The van der Waals surface area contributed by atoms with E-state index in [9.17, 15) is 4.79 Å². The Morgan fingerprint density at radius 1 is 0.903 bits per heavy atom. The van der Waals surface area contributed by atoms with E-state index in [0.717, 1.165) is 34.9 Å². The van der Waals surface area contributed by atoms with Crippen LogP contribution in [0.3, 0.4) is 0 Å². The van der Waals surface area contributed by atoms with E-state index in [0.29, 0.717) is 22.3 Å². The summed E-state index contributed by atoms with van der Waals surface area (Å²) in [5.41, 5.74) is 2.99. The summed E-state index contributed by atoms with van der Waals surface area (Å²) in [6, 6.07) is 15.5. The zero-order chi connectivity index (χ0) is 22.0. The molecule has 0 aliphatic heterocycles. The monoisotopic (exact) mass is 417 g/mol. The van der Waals surface area contributed by atoms with E-state index in [1.165, 1.54) is 0 Å². The van der Waals surface area contributed by atoms with Crippen molar-refractivity contribution in [1.29, 1.82) is 0 Å². The third-order valence-electron chi connectivity index (χ3n) is 5.56. The van der Waals surface area contributed by atoms with Crippen molar-refractivity contribution in [1.82, 2.24) is 14.9 Å². The zero-order valence-electron chi connectivity index (χ0n) is 18.4. The van der Waals surface area contributed by atoms with Crippen molar-refractivity contribution >= 4 is 38.8 Å². The third kappa shape index (κ3) is 3.79. The average molecular weight is 418 g/mol. The molecule has 4 rings (SSSR count). The molecular weight excluding hydrogens is 390 g/mol. The van der Waals surface area contributed by atoms with Gasteiger partial charge in [-0.3, -0.25) is 4.90 Å². The van der Waals surface area contributed by atoms with Crippen LogP contribution in [0.1, 0.15) is 38.1 Å². The topological polar surface area (TPSA) is 64.6 Å². The van der Waals surface area contributed by atoms with Gasteiger partial charge in [-0.25, -0.2) is 14.8 Å². The van der Waals surface area contributed by atoms with Crippen molar-refractivity contribution in [2.45, 2.75) is 33.9 Å². The summed E-state index contributed by atoms with van der Waals surface area (Å²) < 4.78 is 11.9. The lowest BCUT2D eigenvalue weighted by Gasteiger charge is -2.28. The quantitative estimate of drug-likeness (QED) is 0.179. The molecule has 3 aromatic carbocycles. The highest BCUT2D eigenvalue weighted by molar-refractivity contribution is 6.18. The van der Waals surface area contributed by atoms with Crippen LogP contribution in [0.2, 0.25) is 0 Å². The molecule has 4 aromatic rings. The Kier molecular flexibility index (Phi) is 6.00. The maximum atomic E-state index is 13.2. The maximum absolute atomic E-state index is 13.2. The number of benzene rings is 3. The molecule has 0 saturated carbocycles. The lowest BCUT2D eigenvalue weighted by Crippen LogP contribution is -2.37. The van der Waals surface area contributed by atoms with Crippen LogP contribution in [0, 0.1) is 0 Å². The molecule has 160 valence electrons. The van der Waals surface area contributed by atoms with Crippen LogP contribution in [-0.2, 0) is 4.74 Å². The van der Waals surface area contributed by atoms with E-state index in [4.69, 9.17) is 19.4 Å². The van der Waals surface area contributed by atoms with Crippen LogP contribution >= 0.6 is 0 Å². The van der Waals surface area contributed by atoms with E-state index >= 15 is 0 Å². The van der Waals surface area contributed by atoms with Gasteiger partial charge in [0.25, 0.3) is 0 Å². The van der Waals surface area contributed by atoms with E-state index in [-0.39, 0.29) is 12.8 Å². The van der Waals surface area contributed by atoms with Gasteiger partial charge in [0.2, 0.25) is 0 Å². The lowest BCUT2D eigenvalue weighted by atomic mass is 10.0. The second-order valence-electron chi connectivity index (χ2n) is 7.32. The predicted octanol–water partition coefficient (Wildman–Crippen LogP) is 5.18. The fourth-order valence-corrected chi connectivity index (χ4v) is 3.99. The molecule has 6 heteroatoms. The normalized spacial score (nSPS) is 12.5. The first-order valence-electron chi connectivity index (χ1n) is 10.8. The highest BCUT2D eigenvalue weighted by Gasteiger charge is 2.26. The highest BCUT2D eigenvalue weighted by atomic mass is 16.5. The molecule has 1 atom stereocenters. The van der Waals surface area contributed by atoms with Gasteiger partial charge in [0.05, 0.1) is 23.2 Å². The Morgan fingerprint density at radius 3 is 2.10 bits per heavy atom. The van der Waals surface area contributed by atoms with Gasteiger partial charge in [-0.1, -0.05) is 50.2 Å². The van der Waals surface area contributed by atoms with Crippen LogP contribution in [-0.4, -0.2) is 46.8 Å². The number of para-hydroxylation sites is 2. The molecule has 1 heterocycles. The van der Waals surface area contributed by atoms with Gasteiger partial charge in [0.1, 0.15) is 23.1 Å². The average Bonchev–Trinajstić information content (AvgIpc) is 2.79. The first kappa shape index (κ1) is 21.0. The molecule has 31 heavy (non-hydrogen) atoms. The minimum atomic E-state index is -0.454. The van der Waals surface area contributed by atoms with Crippen molar-refractivity contribution in [3.63, 3.8) is 0 Å². The summed E-state index contributed by atoms with van der Waals surface area (Å²) in [5.74, 6) is 0.0371. The second kappa shape index (κ2) is 8.86. The fraction of sp³-hybridized carbons (Fsp3) is 0.320. The summed E-state index contributed by atoms with van der Waals surface area (Å²) in [6.07, 6.45) is -0.225. The SMILES string of the molecule is CCOC(=O)c1c(OC(C)N(CC)CC)c2ccccc2c2nc3ccccc3nc12. The van der Waals surface area contributed by atoms with Crippen molar-refractivity contribution < 1.29 is 14.3 Å². The van der Waals surface area contributed by atoms with Crippen LogP contribution in [0.15, 0.2) is 48.5 Å². The standard InChI is InChI=1S/C25H27N3O3/c1-5-28(6-2)16(4)31-24-18-13-9-8-12-17(18)22-23(21(24)25(29)30-7-3)27-20-15-11-10-14-19(20)26-22/h8-16H,5-7H2,1-4H3. The number of fused-ring (bicyclic) bond motifs is 4. The minimum Gasteiger partial charge on any atom is -0.474 e. The van der Waals surface area contributed by atoms with E-state index < -0.39 is 5.97 Å². The molecule has 0 amide bonds. The van der Waals surface area contributed by atoms with Crippen molar-refractivity contribution in [3.8, 4) is 5.75 Å². The van der Waals surface area contributed by atoms with Crippen LogP contribution < -0.4 is 4.74 Å². The van der Waals surface area contributed by atoms with Crippen molar-refractivity contribution in [2.75, 3.05) is 19.7 Å². The van der Waals surface area contributed by atoms with Crippen molar-refractivity contribution in [3.05, 3.63) is 54.1 Å². The van der Waals surface area contributed by atoms with Crippen LogP contribution in [0.5, 0.6) is 5.75 Å². The van der Waals surface area contributed by atoms with Gasteiger partial charge in [0, 0.05) is 10.8 Å². The molecule has 0 N–H and O–H groups in total. The van der Waals surface area contributed by atoms with Gasteiger partial charge >= 0.3 is 5.97 Å². The molecule has 0 bridgehead atoms. The molecule has 0 saturated heterocycles. The molecular formula is C25H27N3O3. The molecule has 1 unspecified atom stereocenters. The number of nitrogens with zero attached hydrogens (tertiary/aromatic N) is 3. The fourth-order valence-electron chi connectivity index (χ4n) is 3.99. The summed E-state index contributed by atoms with van der Waals surface area (Å²) in [7, 11) is 0. The Bertz CT molecular complexity index is 1250. The molecule has 0 radical (unpaired) electrons. The molecule has 0 fully saturated rings. The number of ether oxygens (including phenoxy) is 2. The van der Waals surface area contributed by atoms with Gasteiger partial charge in [-0.15, -0.1) is 0 Å². The van der Waals surface area contributed by atoms with Gasteiger partial charge in [0.15, 0.2) is 0 Å². The number of aromatic nitrogens is 2. The molecule has 1 aromatic heterocycles. The summed E-state index contributed by atoms with van der Waals surface area (Å²) in [5, 5.41) is 1.71. The number of esters is 1. The third-order valence-corrected chi connectivity index (χ3v) is 5.56. The number of carbonyl (C=O) groups is 1. The highest BCUT2D eigenvalue weighted by Crippen LogP contribution is 2.38. The van der Waals surface area contributed by atoms with E-state index in [1.807, 2.05) is 55.5 Å². The second-order valence-corrected chi connectivity index (χ2v) is 7.32. The van der Waals surface area contributed by atoms with Gasteiger partial charge < -0.3 is 9.47 Å². The Balaban J connectivity index is 2.08. The molecule has 0 aliphatic rings. The Labute approximate surface area is 181 Å². The van der Waals surface area contributed by atoms with Gasteiger partial charge in [-0.05, 0) is 39.1 Å². The first-order chi connectivity index (χ1) is 15.1. The summed E-state index contributed by atoms with van der Waals surface area (Å²) in [4.78, 5) is 25.0. The smallest absolute Gasteiger partial charge is 0.344 e. The summed E-state index contributed by atoms with van der Waals surface area (Å²) in [6.45, 7) is 9.90. The molecule has 0 spiro atoms. The zero-order valence-corrected chi connectivity index (χ0v) is 18.4. The lowest BCUT2D eigenvalue weighted by molar-refractivity contribution is 0.0426. The molecule has 6 nitrogen and oxygen atoms in total. The Morgan fingerprint density at radius 2 is 1.48 bits per heavy atom. The van der Waals surface area contributed by atoms with Crippen molar-refractivity contribution in [2.24, 2.45) is 0 Å². The molecule has 0 aliphatic carbocycles. The van der Waals surface area contributed by atoms with Crippen LogP contribution in [0.4, 0.5) is 0 Å². The predicted molar refractivity (Wildman–Crippen MR) is 124 cm³/mol. The summed E-state index contributed by atoms with van der Waals surface area (Å²) >= 11 is 0. The van der Waals surface area contributed by atoms with E-state index in [1.54, 1.807) is 6.92 Å². The van der Waals surface area contributed by atoms with Gasteiger partial charge in [-0.2, -0.15) is 0 Å². The number of carbonyl (C=O) groups excluding carboxylic acids is 1.